The van der Waals surface area contributed by atoms with Crippen molar-refractivity contribution in [1.82, 2.24) is 5.32 Å². The maximum atomic E-state index is 5.50. The van der Waals surface area contributed by atoms with Crippen LogP contribution in [0.1, 0.15) is 53.9 Å². The molecule has 0 rings (SSSR count). The van der Waals surface area contributed by atoms with E-state index in [4.69, 9.17) is 9.47 Å². The molecule has 3 heteroatoms. The number of hydrogen-bond donors (Lipinski definition) is 1. The predicted octanol–water partition coefficient (Wildman–Crippen LogP) is 5.37. The summed E-state index contributed by atoms with van der Waals surface area (Å²) < 4.78 is 11.0. The molecule has 0 radical (unpaired) electrons. The molecule has 0 aliphatic rings. The SMILES string of the molecule is C=C(/C=C\C(=C)C(=C)NCCCC(OCC)OCC)CC.CC. The minimum absolute atomic E-state index is 0.106. The molecule has 0 aromatic heterocycles. The summed E-state index contributed by atoms with van der Waals surface area (Å²) >= 11 is 0. The van der Waals surface area contributed by atoms with Crippen molar-refractivity contribution < 1.29 is 9.47 Å². The zero-order valence-electron chi connectivity index (χ0n) is 15.9. The molecule has 134 valence electrons. The molecule has 23 heavy (non-hydrogen) atoms. The van der Waals surface area contributed by atoms with Crippen LogP contribution in [0.25, 0.3) is 0 Å². The van der Waals surface area contributed by atoms with E-state index in [1.54, 1.807) is 0 Å². The van der Waals surface area contributed by atoms with E-state index in [2.05, 4.69) is 32.0 Å². The van der Waals surface area contributed by atoms with Gasteiger partial charge >= 0.3 is 0 Å². The largest absolute Gasteiger partial charge is 0.385 e. The highest BCUT2D eigenvalue weighted by atomic mass is 16.7. The molecule has 0 atom stereocenters. The van der Waals surface area contributed by atoms with Crippen LogP contribution in [0.15, 0.2) is 48.7 Å². The van der Waals surface area contributed by atoms with Crippen LogP contribution in [-0.4, -0.2) is 26.0 Å². The lowest BCUT2D eigenvalue weighted by molar-refractivity contribution is -0.139. The molecular weight excluding hydrogens is 286 g/mol. The standard InChI is InChI=1S/C18H31NO2.C2H6/c1-7-15(4)12-13-16(5)17(6)19-14-10-11-18(20-8-2)21-9-3;1-2/h12-13,18-19H,4-11,14H2,1-3H3;1-2H3/b13-12-;. The van der Waals surface area contributed by atoms with Crippen LogP contribution in [0.2, 0.25) is 0 Å². The lowest BCUT2D eigenvalue weighted by Gasteiger charge is -2.17. The molecule has 0 bridgehead atoms. The fourth-order valence-electron chi connectivity index (χ4n) is 1.64. The Kier molecular flexibility index (Phi) is 17.7. The van der Waals surface area contributed by atoms with E-state index in [1.165, 1.54) is 0 Å². The molecule has 0 saturated carbocycles. The molecule has 0 fully saturated rings. The second kappa shape index (κ2) is 17.0. The van der Waals surface area contributed by atoms with Crippen molar-refractivity contribution in [3.63, 3.8) is 0 Å². The summed E-state index contributed by atoms with van der Waals surface area (Å²) in [4.78, 5) is 0. The molecule has 0 aliphatic carbocycles. The fraction of sp³-hybridized carbons (Fsp3) is 0.600. The average molecular weight is 324 g/mol. The Labute approximate surface area is 144 Å². The van der Waals surface area contributed by atoms with Crippen molar-refractivity contribution in [3.8, 4) is 0 Å². The number of hydrogen-bond acceptors (Lipinski definition) is 3. The highest BCUT2D eigenvalue weighted by molar-refractivity contribution is 5.36. The van der Waals surface area contributed by atoms with E-state index in [1.807, 2.05) is 39.8 Å². The van der Waals surface area contributed by atoms with Gasteiger partial charge in [-0.1, -0.05) is 58.2 Å². The van der Waals surface area contributed by atoms with Gasteiger partial charge in [0.2, 0.25) is 0 Å². The van der Waals surface area contributed by atoms with Gasteiger partial charge in [-0.15, -0.1) is 0 Å². The van der Waals surface area contributed by atoms with E-state index in [0.29, 0.717) is 13.2 Å². The van der Waals surface area contributed by atoms with Crippen LogP contribution >= 0.6 is 0 Å². The number of allylic oxidation sites excluding steroid dienone is 3. The number of nitrogens with one attached hydrogen (secondary N) is 1. The summed E-state index contributed by atoms with van der Waals surface area (Å²) in [5, 5.41) is 3.28. The Balaban J connectivity index is 0. The lowest BCUT2D eigenvalue weighted by Crippen LogP contribution is -2.21. The molecule has 0 heterocycles. The topological polar surface area (TPSA) is 30.5 Å². The molecule has 0 aromatic carbocycles. The maximum Gasteiger partial charge on any atom is 0.157 e. The van der Waals surface area contributed by atoms with E-state index < -0.39 is 0 Å². The van der Waals surface area contributed by atoms with Crippen LogP contribution in [0.4, 0.5) is 0 Å². The molecule has 0 aliphatic heterocycles. The number of ether oxygens (including phenoxy) is 2. The van der Waals surface area contributed by atoms with Gasteiger partial charge in [0.05, 0.1) is 0 Å². The van der Waals surface area contributed by atoms with E-state index in [-0.39, 0.29) is 6.29 Å². The van der Waals surface area contributed by atoms with Crippen LogP contribution < -0.4 is 5.32 Å². The minimum atomic E-state index is -0.106. The predicted molar refractivity (Wildman–Crippen MR) is 102 cm³/mol. The molecular formula is C20H37NO2. The smallest absolute Gasteiger partial charge is 0.157 e. The third-order valence-corrected chi connectivity index (χ3v) is 3.02. The molecule has 0 amide bonds. The van der Waals surface area contributed by atoms with E-state index in [9.17, 15) is 0 Å². The van der Waals surface area contributed by atoms with Gasteiger partial charge in [0.15, 0.2) is 6.29 Å². The normalized spacial score (nSPS) is 10.3. The van der Waals surface area contributed by atoms with Crippen LogP contribution in [0.3, 0.4) is 0 Å². The Morgan fingerprint density at radius 3 is 2.04 bits per heavy atom. The van der Waals surface area contributed by atoms with E-state index >= 15 is 0 Å². The maximum absolute atomic E-state index is 5.50. The molecule has 3 nitrogen and oxygen atoms in total. The van der Waals surface area contributed by atoms with Crippen molar-refractivity contribution >= 4 is 0 Å². The van der Waals surface area contributed by atoms with Crippen LogP contribution in [0.5, 0.6) is 0 Å². The Bertz CT molecular complexity index is 353. The molecule has 0 saturated heterocycles. The number of rotatable bonds is 13. The van der Waals surface area contributed by atoms with Gasteiger partial charge in [0, 0.05) is 31.9 Å². The first kappa shape index (κ1) is 23.9. The fourth-order valence-corrected chi connectivity index (χ4v) is 1.64. The second-order valence-corrected chi connectivity index (χ2v) is 4.76. The third kappa shape index (κ3) is 14.0. The Morgan fingerprint density at radius 2 is 1.57 bits per heavy atom. The first-order chi connectivity index (χ1) is 11.0. The third-order valence-electron chi connectivity index (χ3n) is 3.02. The van der Waals surface area contributed by atoms with Gasteiger partial charge in [-0.25, -0.2) is 0 Å². The Hall–Kier alpha value is -1.32. The van der Waals surface area contributed by atoms with Crippen LogP contribution in [-0.2, 0) is 9.47 Å². The van der Waals surface area contributed by atoms with Crippen molar-refractivity contribution in [1.29, 1.82) is 0 Å². The first-order valence-electron chi connectivity index (χ1n) is 8.76. The van der Waals surface area contributed by atoms with Crippen molar-refractivity contribution in [2.45, 2.75) is 60.2 Å². The summed E-state index contributed by atoms with van der Waals surface area (Å²) in [6.45, 7) is 24.1. The van der Waals surface area contributed by atoms with Gasteiger partial charge < -0.3 is 14.8 Å². The Morgan fingerprint density at radius 1 is 1.00 bits per heavy atom. The van der Waals surface area contributed by atoms with E-state index in [0.717, 1.165) is 42.7 Å². The summed E-state index contributed by atoms with van der Waals surface area (Å²) in [6, 6.07) is 0. The van der Waals surface area contributed by atoms with Gasteiger partial charge in [0.1, 0.15) is 0 Å². The summed E-state index contributed by atoms with van der Waals surface area (Å²) in [7, 11) is 0. The van der Waals surface area contributed by atoms with Crippen molar-refractivity contribution in [2.24, 2.45) is 0 Å². The molecule has 0 aromatic rings. The monoisotopic (exact) mass is 323 g/mol. The van der Waals surface area contributed by atoms with Gasteiger partial charge in [-0.2, -0.15) is 0 Å². The van der Waals surface area contributed by atoms with Crippen LogP contribution in [0, 0.1) is 0 Å². The zero-order chi connectivity index (χ0) is 18.1. The highest BCUT2D eigenvalue weighted by Gasteiger charge is 2.07. The molecule has 1 N–H and O–H groups in total. The molecule has 0 unspecified atom stereocenters. The average Bonchev–Trinajstić information content (AvgIpc) is 2.57. The summed E-state index contributed by atoms with van der Waals surface area (Å²) in [5.41, 5.74) is 2.82. The van der Waals surface area contributed by atoms with Gasteiger partial charge in [0.25, 0.3) is 0 Å². The quantitative estimate of drug-likeness (QED) is 0.281. The zero-order valence-corrected chi connectivity index (χ0v) is 15.9. The summed E-state index contributed by atoms with van der Waals surface area (Å²) in [6.07, 6.45) is 6.60. The molecule has 0 spiro atoms. The lowest BCUT2D eigenvalue weighted by atomic mass is 10.1. The second-order valence-electron chi connectivity index (χ2n) is 4.76. The minimum Gasteiger partial charge on any atom is -0.385 e. The van der Waals surface area contributed by atoms with Crippen molar-refractivity contribution in [3.05, 3.63) is 48.7 Å². The highest BCUT2D eigenvalue weighted by Crippen LogP contribution is 2.08. The van der Waals surface area contributed by atoms with Crippen molar-refractivity contribution in [2.75, 3.05) is 19.8 Å². The summed E-state index contributed by atoms with van der Waals surface area (Å²) in [5.74, 6) is 0. The van der Waals surface area contributed by atoms with Gasteiger partial charge in [-0.3, -0.25) is 0 Å². The van der Waals surface area contributed by atoms with Gasteiger partial charge in [-0.05, 0) is 32.3 Å². The first-order valence-corrected chi connectivity index (χ1v) is 8.76.